The van der Waals surface area contributed by atoms with Crippen LogP contribution in [0.15, 0.2) is 12.4 Å². The van der Waals surface area contributed by atoms with Gasteiger partial charge in [0.2, 0.25) is 0 Å². The maximum atomic E-state index is 13.1. The molecular formula is C19H21ClN4OS. The van der Waals surface area contributed by atoms with Gasteiger partial charge in [-0.25, -0.2) is 4.98 Å². The van der Waals surface area contributed by atoms with E-state index in [0.717, 1.165) is 32.6 Å². The van der Waals surface area contributed by atoms with Crippen LogP contribution < -0.4 is 5.32 Å². The van der Waals surface area contributed by atoms with Gasteiger partial charge in [-0.1, -0.05) is 11.6 Å². The van der Waals surface area contributed by atoms with Crippen molar-refractivity contribution in [2.24, 2.45) is 13.0 Å². The minimum Gasteiger partial charge on any atom is -0.349 e. The number of carbonyl (C=O) groups is 1. The van der Waals surface area contributed by atoms with Gasteiger partial charge >= 0.3 is 0 Å². The number of nitrogens with one attached hydrogen (secondary N) is 1. The van der Waals surface area contributed by atoms with E-state index in [1.165, 1.54) is 24.2 Å². The molecule has 7 heteroatoms. The molecule has 26 heavy (non-hydrogen) atoms. The molecule has 1 saturated carbocycles. The molecule has 1 N–H and O–H groups in total. The molecule has 0 spiro atoms. The lowest BCUT2D eigenvalue weighted by molar-refractivity contribution is 0.0940. The second-order valence-corrected chi connectivity index (χ2v) is 8.50. The molecular weight excluding hydrogens is 368 g/mol. The first-order valence-electron chi connectivity index (χ1n) is 8.76. The Bertz CT molecular complexity index is 1020. The molecule has 1 unspecified atom stereocenters. The number of amides is 1. The molecule has 1 fully saturated rings. The molecule has 1 amide bonds. The van der Waals surface area contributed by atoms with E-state index in [-0.39, 0.29) is 11.9 Å². The summed E-state index contributed by atoms with van der Waals surface area (Å²) in [7, 11) is 1.87. The van der Waals surface area contributed by atoms with E-state index in [0.29, 0.717) is 15.8 Å². The van der Waals surface area contributed by atoms with Crippen LogP contribution in [0, 0.1) is 19.8 Å². The van der Waals surface area contributed by atoms with Crippen LogP contribution in [0.1, 0.15) is 40.7 Å². The summed E-state index contributed by atoms with van der Waals surface area (Å²) in [4.78, 5) is 19.2. The van der Waals surface area contributed by atoms with Crippen molar-refractivity contribution >= 4 is 39.1 Å². The van der Waals surface area contributed by atoms with Crippen molar-refractivity contribution in [1.82, 2.24) is 20.1 Å². The number of halogens is 1. The van der Waals surface area contributed by atoms with E-state index in [4.69, 9.17) is 11.6 Å². The first-order chi connectivity index (χ1) is 12.4. The Labute approximate surface area is 161 Å². The van der Waals surface area contributed by atoms with E-state index in [2.05, 4.69) is 22.3 Å². The number of pyridine rings is 1. The van der Waals surface area contributed by atoms with E-state index >= 15 is 0 Å². The van der Waals surface area contributed by atoms with Crippen molar-refractivity contribution in [3.63, 3.8) is 0 Å². The molecule has 0 radical (unpaired) electrons. The average molecular weight is 389 g/mol. The Morgan fingerprint density at radius 1 is 1.42 bits per heavy atom. The van der Waals surface area contributed by atoms with Crippen LogP contribution in [0.5, 0.6) is 0 Å². The number of nitrogens with zero attached hydrogens (tertiary/aromatic N) is 3. The predicted octanol–water partition coefficient (Wildman–Crippen LogP) is 4.50. The third kappa shape index (κ3) is 2.91. The SMILES string of the molecule is Cc1nc2sc(C(=O)NC(C)C3CC3)c(-c3cnn(C)c3)c2c(C)c1Cl. The summed E-state index contributed by atoms with van der Waals surface area (Å²) in [5, 5.41) is 9.05. The van der Waals surface area contributed by atoms with Crippen LogP contribution in [0.2, 0.25) is 5.02 Å². The zero-order valence-corrected chi connectivity index (χ0v) is 16.8. The smallest absolute Gasteiger partial charge is 0.262 e. The number of aromatic nitrogens is 3. The number of aryl methyl sites for hydroxylation is 3. The maximum absolute atomic E-state index is 13.1. The van der Waals surface area contributed by atoms with Gasteiger partial charge in [0.05, 0.1) is 16.9 Å². The maximum Gasteiger partial charge on any atom is 0.262 e. The van der Waals surface area contributed by atoms with Gasteiger partial charge in [-0.3, -0.25) is 9.48 Å². The van der Waals surface area contributed by atoms with Crippen LogP contribution in [-0.4, -0.2) is 26.7 Å². The van der Waals surface area contributed by atoms with Gasteiger partial charge in [-0.05, 0) is 45.1 Å². The normalized spacial score (nSPS) is 15.4. The minimum absolute atomic E-state index is 0.0422. The molecule has 1 atom stereocenters. The van der Waals surface area contributed by atoms with Gasteiger partial charge in [-0.2, -0.15) is 5.10 Å². The number of hydrogen-bond acceptors (Lipinski definition) is 4. The minimum atomic E-state index is -0.0422. The van der Waals surface area contributed by atoms with Crippen molar-refractivity contribution in [2.75, 3.05) is 0 Å². The van der Waals surface area contributed by atoms with Crippen molar-refractivity contribution in [3.8, 4) is 11.1 Å². The van der Waals surface area contributed by atoms with Crippen molar-refractivity contribution in [2.45, 2.75) is 39.7 Å². The number of fused-ring (bicyclic) bond motifs is 1. The summed E-state index contributed by atoms with van der Waals surface area (Å²) in [5.74, 6) is 0.561. The quantitative estimate of drug-likeness (QED) is 0.716. The van der Waals surface area contributed by atoms with Gasteiger partial charge in [-0.15, -0.1) is 11.3 Å². The van der Waals surface area contributed by atoms with E-state index in [1.807, 2.05) is 27.1 Å². The lowest BCUT2D eigenvalue weighted by Gasteiger charge is -2.12. The Balaban J connectivity index is 1.90. The third-order valence-electron chi connectivity index (χ3n) is 5.07. The third-order valence-corrected chi connectivity index (χ3v) is 6.71. The molecule has 1 aliphatic rings. The monoisotopic (exact) mass is 388 g/mol. The topological polar surface area (TPSA) is 59.8 Å². The number of rotatable bonds is 4. The summed E-state index contributed by atoms with van der Waals surface area (Å²) in [5.41, 5.74) is 3.53. The summed E-state index contributed by atoms with van der Waals surface area (Å²) >= 11 is 7.89. The molecule has 0 aromatic carbocycles. The first kappa shape index (κ1) is 17.5. The fourth-order valence-corrected chi connectivity index (χ4v) is 4.74. The van der Waals surface area contributed by atoms with Crippen LogP contribution in [0.4, 0.5) is 0 Å². The number of carbonyl (C=O) groups excluding carboxylic acids is 1. The highest BCUT2D eigenvalue weighted by atomic mass is 35.5. The van der Waals surface area contributed by atoms with Gasteiger partial charge in [0.1, 0.15) is 9.71 Å². The highest BCUT2D eigenvalue weighted by Crippen LogP contribution is 2.42. The standard InChI is InChI=1S/C19H21ClN4OS/c1-9-14-15(13-7-21-24(4)8-13)17(18(25)22-10(2)12-5-6-12)26-19(14)23-11(3)16(9)20/h7-8,10,12H,5-6H2,1-4H3,(H,22,25). The number of thiophene rings is 1. The number of hydrogen-bond donors (Lipinski definition) is 1. The molecule has 3 aromatic heterocycles. The van der Waals surface area contributed by atoms with E-state index < -0.39 is 0 Å². The lowest BCUT2D eigenvalue weighted by atomic mass is 10.0. The second kappa shape index (κ2) is 6.35. The summed E-state index contributed by atoms with van der Waals surface area (Å²) < 4.78 is 1.74. The molecule has 136 valence electrons. The van der Waals surface area contributed by atoms with Gasteiger partial charge < -0.3 is 5.32 Å². The summed E-state index contributed by atoms with van der Waals surface area (Å²) in [6.07, 6.45) is 6.10. The fraction of sp³-hybridized carbons (Fsp3) is 0.421. The lowest BCUT2D eigenvalue weighted by Crippen LogP contribution is -2.33. The van der Waals surface area contributed by atoms with Gasteiger partial charge in [0, 0.05) is 35.8 Å². The Morgan fingerprint density at radius 3 is 2.77 bits per heavy atom. The van der Waals surface area contributed by atoms with Crippen molar-refractivity contribution in [1.29, 1.82) is 0 Å². The Hall–Kier alpha value is -1.92. The highest BCUT2D eigenvalue weighted by molar-refractivity contribution is 7.21. The molecule has 5 nitrogen and oxygen atoms in total. The molecule has 4 rings (SSSR count). The van der Waals surface area contributed by atoms with E-state index in [9.17, 15) is 4.79 Å². The molecule has 0 bridgehead atoms. The Kier molecular flexibility index (Phi) is 4.28. The van der Waals surface area contributed by atoms with Crippen LogP contribution in [0.25, 0.3) is 21.3 Å². The average Bonchev–Trinajstić information content (AvgIpc) is 3.26. The fourth-order valence-electron chi connectivity index (χ4n) is 3.40. The summed E-state index contributed by atoms with van der Waals surface area (Å²) in [6.45, 7) is 5.96. The zero-order valence-electron chi connectivity index (χ0n) is 15.3. The zero-order chi connectivity index (χ0) is 18.6. The second-order valence-electron chi connectivity index (χ2n) is 7.12. The largest absolute Gasteiger partial charge is 0.349 e. The van der Waals surface area contributed by atoms with Crippen LogP contribution in [0.3, 0.4) is 0 Å². The molecule has 1 aliphatic carbocycles. The van der Waals surface area contributed by atoms with Crippen molar-refractivity contribution < 1.29 is 4.79 Å². The molecule has 3 aromatic rings. The van der Waals surface area contributed by atoms with E-state index in [1.54, 1.807) is 10.9 Å². The predicted molar refractivity (Wildman–Crippen MR) is 106 cm³/mol. The Morgan fingerprint density at radius 2 is 2.15 bits per heavy atom. The summed E-state index contributed by atoms with van der Waals surface area (Å²) in [6, 6.07) is 0.189. The van der Waals surface area contributed by atoms with Crippen LogP contribution in [-0.2, 0) is 7.05 Å². The highest BCUT2D eigenvalue weighted by Gasteiger charge is 2.31. The van der Waals surface area contributed by atoms with Crippen molar-refractivity contribution in [3.05, 3.63) is 33.6 Å². The van der Waals surface area contributed by atoms with Crippen LogP contribution >= 0.6 is 22.9 Å². The molecule has 0 saturated heterocycles. The first-order valence-corrected chi connectivity index (χ1v) is 9.95. The van der Waals surface area contributed by atoms with Gasteiger partial charge in [0.25, 0.3) is 5.91 Å². The molecule has 0 aliphatic heterocycles. The molecule has 3 heterocycles. The van der Waals surface area contributed by atoms with Gasteiger partial charge in [0.15, 0.2) is 0 Å².